The number of azide groups is 1. The molecule has 0 bridgehead atoms. The molecule has 46 heavy (non-hydrogen) atoms. The fraction of sp³-hybridized carbons (Fsp3) is 0.613. The van der Waals surface area contributed by atoms with Gasteiger partial charge < -0.3 is 23.0 Å². The molecule has 2 aliphatic rings. The minimum Gasteiger partial charge on any atom is -0.414 e. The van der Waals surface area contributed by atoms with Crippen LogP contribution in [-0.4, -0.2) is 56.7 Å². The van der Waals surface area contributed by atoms with Gasteiger partial charge in [0.05, 0.1) is 36.0 Å². The molecular weight excluding hydrogens is 645 g/mol. The lowest BCUT2D eigenvalue weighted by Crippen LogP contribution is -2.65. The highest BCUT2D eigenvalue weighted by Gasteiger charge is 2.62. The smallest absolute Gasteiger partial charge is 0.335 e. The second-order valence-electron chi connectivity index (χ2n) is 13.5. The lowest BCUT2D eigenvalue weighted by Gasteiger charge is -2.51. The quantitative estimate of drug-likeness (QED) is 0.0781. The average molecular weight is 690 g/mol. The Labute approximate surface area is 277 Å². The number of halogens is 2. The lowest BCUT2D eigenvalue weighted by molar-refractivity contribution is -0.0577. The lowest BCUT2D eigenvalue weighted by atomic mass is 10.1. The predicted molar refractivity (Wildman–Crippen MR) is 182 cm³/mol. The van der Waals surface area contributed by atoms with Gasteiger partial charge in [0, 0.05) is 10.5 Å². The van der Waals surface area contributed by atoms with Crippen LogP contribution < -0.4 is 5.32 Å². The van der Waals surface area contributed by atoms with Crippen LogP contribution in [-0.2, 0) is 17.7 Å². The number of fused-ring (bicyclic) bond motifs is 2. The van der Waals surface area contributed by atoms with E-state index in [0.29, 0.717) is 22.3 Å². The van der Waals surface area contributed by atoms with Crippen molar-refractivity contribution in [2.75, 3.05) is 11.9 Å². The average Bonchev–Trinajstić information content (AvgIpc) is 3.53. The molecule has 2 aromatic heterocycles. The van der Waals surface area contributed by atoms with Crippen LogP contribution in [0.2, 0.25) is 27.3 Å². The van der Waals surface area contributed by atoms with E-state index >= 15 is 0 Å². The van der Waals surface area contributed by atoms with Gasteiger partial charge in [-0.2, -0.15) is 5.10 Å². The van der Waals surface area contributed by atoms with Crippen LogP contribution in [0.5, 0.6) is 0 Å². The summed E-state index contributed by atoms with van der Waals surface area (Å²) in [6.45, 7) is 19.3. The van der Waals surface area contributed by atoms with Crippen LogP contribution in [0.3, 0.4) is 0 Å². The number of nitrogens with zero attached hydrogens (tertiary/aromatic N) is 6. The number of ether oxygens (including phenoxy) is 1. The Morgan fingerprint density at radius 3 is 2.30 bits per heavy atom. The first-order valence-electron chi connectivity index (χ1n) is 16.0. The molecule has 2 saturated heterocycles. The van der Waals surface area contributed by atoms with Crippen LogP contribution in [0.1, 0.15) is 80.1 Å². The van der Waals surface area contributed by atoms with E-state index in [4.69, 9.17) is 29.3 Å². The van der Waals surface area contributed by atoms with Gasteiger partial charge in [0.15, 0.2) is 11.9 Å². The predicted octanol–water partition coefficient (Wildman–Crippen LogP) is 8.93. The van der Waals surface area contributed by atoms with E-state index in [1.54, 1.807) is 35.1 Å². The largest absolute Gasteiger partial charge is 0.414 e. The second-order valence-corrected chi connectivity index (χ2v) is 22.8. The highest BCUT2D eigenvalue weighted by Crippen LogP contribution is 2.49. The van der Waals surface area contributed by atoms with Crippen molar-refractivity contribution in [1.29, 1.82) is 0 Å². The summed E-state index contributed by atoms with van der Waals surface area (Å²) >= 11 is 6.54. The Bertz CT molecular complexity index is 1590. The summed E-state index contributed by atoms with van der Waals surface area (Å²) in [5.74, 6) is -0.309. The maximum Gasteiger partial charge on any atom is 0.335 e. The Morgan fingerprint density at radius 1 is 1.04 bits per heavy atom. The monoisotopic (exact) mass is 689 g/mol. The molecule has 0 aliphatic carbocycles. The van der Waals surface area contributed by atoms with Crippen LogP contribution in [0.4, 0.5) is 10.1 Å². The topological polar surface area (TPSA) is 128 Å². The molecule has 2 fully saturated rings. The Morgan fingerprint density at radius 2 is 1.70 bits per heavy atom. The highest BCUT2D eigenvalue weighted by atomic mass is 35.5. The third-order valence-corrected chi connectivity index (χ3v) is 19.8. The Hall–Kier alpha value is -2.56. The summed E-state index contributed by atoms with van der Waals surface area (Å²) in [4.78, 5) is 7.81. The van der Waals surface area contributed by atoms with Gasteiger partial charge in [-0.3, -0.25) is 0 Å². The van der Waals surface area contributed by atoms with Crippen molar-refractivity contribution in [3.63, 3.8) is 0 Å². The van der Waals surface area contributed by atoms with Crippen molar-refractivity contribution in [3.8, 4) is 0 Å². The molecule has 4 heterocycles. The normalized spacial score (nSPS) is 25.0. The Balaban J connectivity index is 1.57. The van der Waals surface area contributed by atoms with E-state index in [2.05, 4.69) is 80.8 Å². The summed E-state index contributed by atoms with van der Waals surface area (Å²) in [5.41, 5.74) is 11.8. The standard InChI is InChI=1S/C31H45ClFN7O4Si2/c1-17(2)45(18(3)4)41-16-26-29(43-46(44-45,19(5)6)20(7)8)28(38-39-34)31(42-26)40-30-23(15-35-40)25(14-27(32)37-30)36-21(9)22-12-10-11-13-24(22)33/h10-15,17-21,26,28-29,31H,16H2,1-9H3,(H,36,37)/t21?,26-,28-,29?,31-/m1/s1. The molecule has 0 amide bonds. The molecule has 0 radical (unpaired) electrons. The van der Waals surface area contributed by atoms with Crippen molar-refractivity contribution in [3.05, 3.63) is 63.5 Å². The van der Waals surface area contributed by atoms with E-state index in [9.17, 15) is 9.92 Å². The summed E-state index contributed by atoms with van der Waals surface area (Å²) in [6, 6.07) is 7.13. The second kappa shape index (κ2) is 13.5. The van der Waals surface area contributed by atoms with Crippen LogP contribution in [0.15, 0.2) is 41.6 Å². The highest BCUT2D eigenvalue weighted by molar-refractivity contribution is 6.84. The molecule has 2 aliphatic heterocycles. The molecule has 5 atom stereocenters. The zero-order valence-corrected chi connectivity index (χ0v) is 30.7. The summed E-state index contributed by atoms with van der Waals surface area (Å²) in [6.07, 6.45) is -0.382. The van der Waals surface area contributed by atoms with E-state index in [-0.39, 0.29) is 45.8 Å². The maximum absolute atomic E-state index is 14.6. The number of nitrogens with one attached hydrogen (secondary N) is 1. The number of aromatic nitrogens is 3. The van der Waals surface area contributed by atoms with Gasteiger partial charge in [-0.1, -0.05) is 90.3 Å². The zero-order chi connectivity index (χ0) is 33.6. The van der Waals surface area contributed by atoms with Gasteiger partial charge in [0.2, 0.25) is 0 Å². The molecule has 5 rings (SSSR count). The molecule has 11 nitrogen and oxygen atoms in total. The number of hydrogen-bond acceptors (Lipinski definition) is 8. The van der Waals surface area contributed by atoms with Gasteiger partial charge in [-0.05, 0) is 46.8 Å². The molecule has 0 spiro atoms. The fourth-order valence-corrected chi connectivity index (χ4v) is 18.4. The van der Waals surface area contributed by atoms with Gasteiger partial charge >= 0.3 is 17.1 Å². The van der Waals surface area contributed by atoms with Crippen molar-refractivity contribution in [2.24, 2.45) is 5.11 Å². The van der Waals surface area contributed by atoms with Gasteiger partial charge in [0.25, 0.3) is 0 Å². The SMILES string of the molecule is CC(Nc1cc(Cl)nc2c1cnn2[C@@H]1O[C@@H]2CO[Si](C(C)C)(C(C)C)O[Si](C(C)C)(C(C)C)OC2[C@H]1N=[N+]=[N-])c1ccccc1F. The van der Waals surface area contributed by atoms with Gasteiger partial charge in [0.1, 0.15) is 23.1 Å². The van der Waals surface area contributed by atoms with Crippen LogP contribution in [0.25, 0.3) is 21.5 Å². The third kappa shape index (κ3) is 6.10. The summed E-state index contributed by atoms with van der Waals surface area (Å²) in [7, 11) is -5.82. The Kier molecular flexibility index (Phi) is 10.2. The van der Waals surface area contributed by atoms with E-state index in [1.807, 2.05) is 6.92 Å². The molecule has 0 saturated carbocycles. The van der Waals surface area contributed by atoms with E-state index in [1.165, 1.54) is 6.07 Å². The zero-order valence-electron chi connectivity index (χ0n) is 27.9. The molecule has 15 heteroatoms. The fourth-order valence-electron chi connectivity index (χ4n) is 6.95. The summed E-state index contributed by atoms with van der Waals surface area (Å²) < 4.78 is 44.3. The van der Waals surface area contributed by atoms with Crippen molar-refractivity contribution in [1.82, 2.24) is 14.8 Å². The van der Waals surface area contributed by atoms with Crippen LogP contribution >= 0.6 is 11.6 Å². The molecular formula is C31H45ClFN7O4Si2. The number of hydrogen-bond donors (Lipinski definition) is 1. The number of pyridine rings is 1. The maximum atomic E-state index is 14.6. The van der Waals surface area contributed by atoms with Gasteiger partial charge in [-0.15, -0.1) is 0 Å². The van der Waals surface area contributed by atoms with Crippen molar-refractivity contribution >= 4 is 45.4 Å². The van der Waals surface area contributed by atoms with E-state index in [0.717, 1.165) is 0 Å². The third-order valence-electron chi connectivity index (χ3n) is 9.35. The molecule has 3 aromatic rings. The summed E-state index contributed by atoms with van der Waals surface area (Å²) in [5, 5.41) is 13.1. The minimum absolute atomic E-state index is 0.0843. The molecule has 1 aromatic carbocycles. The van der Waals surface area contributed by atoms with Gasteiger partial charge in [-0.25, -0.2) is 14.1 Å². The number of benzene rings is 1. The van der Waals surface area contributed by atoms with Crippen molar-refractivity contribution in [2.45, 2.75) is 115 Å². The van der Waals surface area contributed by atoms with E-state index < -0.39 is 41.6 Å². The number of rotatable bonds is 9. The first-order valence-corrected chi connectivity index (χ1v) is 20.3. The van der Waals surface area contributed by atoms with Crippen molar-refractivity contribution < 1.29 is 22.1 Å². The molecule has 1 N–H and O–H groups in total. The first kappa shape index (κ1) is 34.8. The minimum atomic E-state index is -3.01. The number of anilines is 1. The molecule has 2 unspecified atom stereocenters. The molecule has 250 valence electrons. The first-order chi connectivity index (χ1) is 21.8. The van der Waals surface area contributed by atoms with Crippen LogP contribution in [0, 0.1) is 5.82 Å².